The molecule has 0 aromatic heterocycles. The first kappa shape index (κ1) is 18.3. The van der Waals surface area contributed by atoms with Crippen molar-refractivity contribution in [3.63, 3.8) is 0 Å². The molecule has 0 unspecified atom stereocenters. The molecule has 2 aromatic rings. The number of aliphatic hydroxyl groups excluding tert-OH is 2. The lowest BCUT2D eigenvalue weighted by molar-refractivity contribution is 0.125. The molecule has 0 bridgehead atoms. The van der Waals surface area contributed by atoms with Gasteiger partial charge in [-0.05, 0) is 35.1 Å². The lowest BCUT2D eigenvalue weighted by atomic mass is 10.0. The summed E-state index contributed by atoms with van der Waals surface area (Å²) in [5.41, 5.74) is 4.61. The van der Waals surface area contributed by atoms with Gasteiger partial charge in [0.2, 0.25) is 0 Å². The van der Waals surface area contributed by atoms with Crippen LogP contribution in [0.15, 0.2) is 48.5 Å². The average Bonchev–Trinajstić information content (AvgIpc) is 3.15. The summed E-state index contributed by atoms with van der Waals surface area (Å²) in [4.78, 5) is 0. The molecule has 2 N–H and O–H groups in total. The van der Waals surface area contributed by atoms with Crippen molar-refractivity contribution in [1.29, 1.82) is 0 Å². The standard InChI is InChI=1S/2C12H12O/c2*1-2-5-10-8-9-6-3-4-7-11(9)12(10)13/h2*1,3-4,6-7,10,12-13H,5,8H2/t2*10-,12+/m10/s1. The number of terminal acetylenes is 2. The molecule has 2 aliphatic carbocycles. The smallest absolute Gasteiger partial charge is 0.0833 e. The normalized spacial score (nSPS) is 25.2. The maximum atomic E-state index is 9.88. The molecule has 0 saturated heterocycles. The Kier molecular flexibility index (Phi) is 5.79. The van der Waals surface area contributed by atoms with Crippen molar-refractivity contribution < 1.29 is 10.2 Å². The van der Waals surface area contributed by atoms with Crippen LogP contribution in [-0.2, 0) is 12.8 Å². The molecule has 0 fully saturated rings. The molecule has 0 amide bonds. The van der Waals surface area contributed by atoms with E-state index in [1.807, 2.05) is 36.4 Å². The van der Waals surface area contributed by atoms with Crippen LogP contribution in [0.4, 0.5) is 0 Å². The molecule has 0 saturated carbocycles. The highest BCUT2D eigenvalue weighted by Crippen LogP contribution is 2.38. The fraction of sp³-hybridized carbons (Fsp3) is 0.333. The van der Waals surface area contributed by atoms with Crippen LogP contribution >= 0.6 is 0 Å². The summed E-state index contributed by atoms with van der Waals surface area (Å²) in [6.07, 6.45) is 12.9. The Morgan fingerprint density at radius 2 is 1.12 bits per heavy atom. The highest BCUT2D eigenvalue weighted by molar-refractivity contribution is 5.35. The SMILES string of the molecule is C#CC[C@@H]1Cc2ccccc2[C@H]1O.C#CC[C@H]1Cc2ccccc2[C@@H]1O. The third kappa shape index (κ3) is 3.68. The summed E-state index contributed by atoms with van der Waals surface area (Å²) in [5.74, 6) is 5.68. The second kappa shape index (κ2) is 8.24. The molecule has 4 rings (SSSR count). The van der Waals surface area contributed by atoms with Crippen LogP contribution in [0.5, 0.6) is 0 Å². The van der Waals surface area contributed by atoms with Crippen LogP contribution in [-0.4, -0.2) is 10.2 Å². The monoisotopic (exact) mass is 344 g/mol. The van der Waals surface area contributed by atoms with Crippen LogP contribution in [0, 0.1) is 36.5 Å². The Morgan fingerprint density at radius 3 is 1.46 bits per heavy atom. The minimum Gasteiger partial charge on any atom is -0.388 e. The van der Waals surface area contributed by atoms with E-state index >= 15 is 0 Å². The maximum absolute atomic E-state index is 9.88. The molecule has 26 heavy (non-hydrogen) atoms. The van der Waals surface area contributed by atoms with Crippen LogP contribution < -0.4 is 0 Å². The number of rotatable bonds is 2. The summed E-state index contributed by atoms with van der Waals surface area (Å²) in [6.45, 7) is 0. The Bertz CT molecular complexity index is 768. The van der Waals surface area contributed by atoms with E-state index in [4.69, 9.17) is 12.8 Å². The second-order valence-electron chi connectivity index (χ2n) is 7.03. The fourth-order valence-corrected chi connectivity index (χ4v) is 3.98. The van der Waals surface area contributed by atoms with Gasteiger partial charge in [0.15, 0.2) is 0 Å². The molecule has 0 spiro atoms. The number of benzene rings is 2. The molecule has 4 atom stereocenters. The van der Waals surface area contributed by atoms with Crippen molar-refractivity contribution in [3.05, 3.63) is 70.8 Å². The molecule has 2 aromatic carbocycles. The second-order valence-corrected chi connectivity index (χ2v) is 7.03. The summed E-state index contributed by atoms with van der Waals surface area (Å²) in [5, 5.41) is 19.8. The highest BCUT2D eigenvalue weighted by atomic mass is 16.3. The summed E-state index contributed by atoms with van der Waals surface area (Å²) in [6, 6.07) is 16.0. The molecular weight excluding hydrogens is 320 g/mol. The number of hydrogen-bond acceptors (Lipinski definition) is 2. The van der Waals surface area contributed by atoms with Gasteiger partial charge in [-0.3, -0.25) is 0 Å². The fourth-order valence-electron chi connectivity index (χ4n) is 3.98. The van der Waals surface area contributed by atoms with Crippen LogP contribution in [0.2, 0.25) is 0 Å². The molecule has 0 heterocycles. The van der Waals surface area contributed by atoms with Crippen LogP contribution in [0.25, 0.3) is 0 Å². The third-order valence-corrected chi connectivity index (χ3v) is 5.36. The predicted octanol–water partition coefficient (Wildman–Crippen LogP) is 3.83. The predicted molar refractivity (Wildman–Crippen MR) is 104 cm³/mol. The van der Waals surface area contributed by atoms with E-state index in [0.717, 1.165) is 24.0 Å². The molecule has 132 valence electrons. The van der Waals surface area contributed by atoms with Gasteiger partial charge in [-0.2, -0.15) is 0 Å². The lowest BCUT2D eigenvalue weighted by Crippen LogP contribution is -2.05. The van der Waals surface area contributed by atoms with Crippen LogP contribution in [0.3, 0.4) is 0 Å². The van der Waals surface area contributed by atoms with Crippen molar-refractivity contribution in [2.45, 2.75) is 37.9 Å². The van der Waals surface area contributed by atoms with Gasteiger partial charge in [0, 0.05) is 24.7 Å². The van der Waals surface area contributed by atoms with E-state index in [9.17, 15) is 10.2 Å². The van der Waals surface area contributed by atoms with Gasteiger partial charge in [-0.25, -0.2) is 0 Å². The van der Waals surface area contributed by atoms with Gasteiger partial charge in [-0.15, -0.1) is 24.7 Å². The van der Waals surface area contributed by atoms with E-state index in [0.29, 0.717) is 12.8 Å². The summed E-state index contributed by atoms with van der Waals surface area (Å²) >= 11 is 0. The number of fused-ring (bicyclic) bond motifs is 2. The van der Waals surface area contributed by atoms with E-state index in [1.54, 1.807) is 0 Å². The summed E-state index contributed by atoms with van der Waals surface area (Å²) in [7, 11) is 0. The molecule has 0 aliphatic heterocycles. The highest BCUT2D eigenvalue weighted by Gasteiger charge is 2.30. The van der Waals surface area contributed by atoms with Crippen LogP contribution in [0.1, 0.15) is 47.3 Å². The van der Waals surface area contributed by atoms with E-state index in [1.165, 1.54) is 11.1 Å². The van der Waals surface area contributed by atoms with Crippen molar-refractivity contribution in [1.82, 2.24) is 0 Å². The van der Waals surface area contributed by atoms with Crippen molar-refractivity contribution in [3.8, 4) is 24.7 Å². The van der Waals surface area contributed by atoms with Gasteiger partial charge in [0.05, 0.1) is 12.2 Å². The van der Waals surface area contributed by atoms with E-state index < -0.39 is 0 Å². The number of aliphatic hydroxyl groups is 2. The zero-order valence-electron chi connectivity index (χ0n) is 14.8. The van der Waals surface area contributed by atoms with Crippen molar-refractivity contribution >= 4 is 0 Å². The third-order valence-electron chi connectivity index (χ3n) is 5.36. The zero-order valence-corrected chi connectivity index (χ0v) is 14.8. The molecular formula is C24H24O2. The topological polar surface area (TPSA) is 40.5 Å². The van der Waals surface area contributed by atoms with E-state index in [-0.39, 0.29) is 24.0 Å². The van der Waals surface area contributed by atoms with Gasteiger partial charge >= 0.3 is 0 Å². The maximum Gasteiger partial charge on any atom is 0.0833 e. The largest absolute Gasteiger partial charge is 0.388 e. The first-order valence-electron chi connectivity index (χ1n) is 9.04. The average molecular weight is 344 g/mol. The van der Waals surface area contributed by atoms with Crippen molar-refractivity contribution in [2.75, 3.05) is 0 Å². The minimum absolute atomic E-state index is 0.224. The molecule has 2 heteroatoms. The number of hydrogen-bond donors (Lipinski definition) is 2. The Balaban J connectivity index is 0.000000151. The van der Waals surface area contributed by atoms with Gasteiger partial charge in [-0.1, -0.05) is 48.5 Å². The Hall–Kier alpha value is -2.52. The molecule has 2 aliphatic rings. The first-order chi connectivity index (χ1) is 12.7. The molecule has 2 nitrogen and oxygen atoms in total. The zero-order chi connectivity index (χ0) is 18.5. The summed E-state index contributed by atoms with van der Waals surface area (Å²) < 4.78 is 0. The van der Waals surface area contributed by atoms with Gasteiger partial charge < -0.3 is 10.2 Å². The van der Waals surface area contributed by atoms with Crippen molar-refractivity contribution in [2.24, 2.45) is 11.8 Å². The van der Waals surface area contributed by atoms with Gasteiger partial charge in [0.1, 0.15) is 0 Å². The minimum atomic E-state index is -0.354. The Labute approximate surface area is 155 Å². The quantitative estimate of drug-likeness (QED) is 0.813. The Morgan fingerprint density at radius 1 is 0.731 bits per heavy atom. The van der Waals surface area contributed by atoms with E-state index in [2.05, 4.69) is 24.0 Å². The lowest BCUT2D eigenvalue weighted by Gasteiger charge is -2.10. The first-order valence-corrected chi connectivity index (χ1v) is 9.04. The molecule has 0 radical (unpaired) electrons. The van der Waals surface area contributed by atoms with Gasteiger partial charge in [0.25, 0.3) is 0 Å².